The molecule has 0 fully saturated rings. The third-order valence-electron chi connectivity index (χ3n) is 1.17. The van der Waals surface area contributed by atoms with Gasteiger partial charge in [-0.2, -0.15) is 0 Å². The van der Waals surface area contributed by atoms with Crippen molar-refractivity contribution in [2.75, 3.05) is 6.26 Å². The van der Waals surface area contributed by atoms with Crippen molar-refractivity contribution in [3.8, 4) is 0 Å². The van der Waals surface area contributed by atoms with E-state index in [2.05, 4.69) is 12.6 Å². The van der Waals surface area contributed by atoms with Gasteiger partial charge in [-0.05, 0) is 24.3 Å². The molecule has 1 atom stereocenters. The fourth-order valence-corrected chi connectivity index (χ4v) is 1.31. The first-order chi connectivity index (χ1) is 4.70. The molecule has 0 aliphatic rings. The van der Waals surface area contributed by atoms with E-state index in [0.29, 0.717) is 0 Å². The van der Waals surface area contributed by atoms with Crippen LogP contribution in [0.25, 0.3) is 0 Å². The number of hydrogen-bond acceptors (Lipinski definition) is 2. The fourth-order valence-electron chi connectivity index (χ4n) is 0.638. The van der Waals surface area contributed by atoms with E-state index in [9.17, 15) is 4.21 Å². The SMILES string of the molecule is CS(=O)c1ccc(S)cc1.[Zn+2]. The molecule has 0 bridgehead atoms. The summed E-state index contributed by atoms with van der Waals surface area (Å²) in [4.78, 5) is 1.74. The van der Waals surface area contributed by atoms with Crippen LogP contribution in [0.5, 0.6) is 0 Å². The van der Waals surface area contributed by atoms with Crippen molar-refractivity contribution in [1.82, 2.24) is 0 Å². The Kier molecular flexibility index (Phi) is 5.23. The predicted octanol–water partition coefficient (Wildman–Crippen LogP) is 1.71. The largest absolute Gasteiger partial charge is 2.00 e. The Morgan fingerprint density at radius 3 is 2.09 bits per heavy atom. The zero-order valence-electron chi connectivity index (χ0n) is 6.28. The Morgan fingerprint density at radius 1 is 1.27 bits per heavy atom. The van der Waals surface area contributed by atoms with Gasteiger partial charge in [-0.25, -0.2) is 0 Å². The van der Waals surface area contributed by atoms with Crippen LogP contribution in [-0.2, 0) is 30.3 Å². The van der Waals surface area contributed by atoms with Crippen LogP contribution >= 0.6 is 12.6 Å². The maximum atomic E-state index is 10.8. The molecule has 0 saturated heterocycles. The number of rotatable bonds is 1. The summed E-state index contributed by atoms with van der Waals surface area (Å²) in [6, 6.07) is 7.30. The summed E-state index contributed by atoms with van der Waals surface area (Å²) < 4.78 is 10.8. The molecule has 1 nitrogen and oxygen atoms in total. The van der Waals surface area contributed by atoms with Crippen molar-refractivity contribution >= 4 is 23.4 Å². The second kappa shape index (κ2) is 5.07. The molecule has 0 N–H and O–H groups in total. The van der Waals surface area contributed by atoms with E-state index in [1.165, 1.54) is 0 Å². The molecule has 0 aliphatic heterocycles. The summed E-state index contributed by atoms with van der Waals surface area (Å²) in [5, 5.41) is 0. The topological polar surface area (TPSA) is 17.1 Å². The van der Waals surface area contributed by atoms with E-state index in [-0.39, 0.29) is 19.5 Å². The predicted molar refractivity (Wildman–Crippen MR) is 46.0 cm³/mol. The summed E-state index contributed by atoms with van der Waals surface area (Å²) in [7, 11) is -0.871. The molecule has 0 aromatic heterocycles. The smallest absolute Gasteiger partial charge is 0.255 e. The van der Waals surface area contributed by atoms with Crippen LogP contribution in [0.1, 0.15) is 0 Å². The molecule has 11 heavy (non-hydrogen) atoms. The molecule has 0 spiro atoms. The molecule has 0 saturated carbocycles. The molecule has 0 amide bonds. The molecule has 1 rings (SSSR count). The van der Waals surface area contributed by atoms with Gasteiger partial charge in [0.25, 0.3) is 0 Å². The van der Waals surface area contributed by atoms with Crippen molar-refractivity contribution in [3.05, 3.63) is 24.3 Å². The Bertz CT molecular complexity index is 245. The first-order valence-electron chi connectivity index (χ1n) is 2.82. The van der Waals surface area contributed by atoms with Crippen molar-refractivity contribution in [1.29, 1.82) is 0 Å². The number of hydrogen-bond donors (Lipinski definition) is 1. The van der Waals surface area contributed by atoms with E-state index in [1.807, 2.05) is 24.3 Å². The summed E-state index contributed by atoms with van der Waals surface area (Å²) in [6.45, 7) is 0. The molecular formula is C7H8OS2Zn+2. The molecule has 1 aromatic rings. The molecule has 0 radical (unpaired) electrons. The first-order valence-corrected chi connectivity index (χ1v) is 4.83. The average Bonchev–Trinajstić information content (AvgIpc) is 1.88. The molecule has 1 aromatic carbocycles. The minimum Gasteiger partial charge on any atom is -0.255 e. The van der Waals surface area contributed by atoms with Crippen molar-refractivity contribution in [2.24, 2.45) is 0 Å². The zero-order valence-corrected chi connectivity index (χ0v) is 11.0. The molecule has 1 unspecified atom stereocenters. The number of thiol groups is 1. The molecule has 54 valence electrons. The van der Waals surface area contributed by atoms with E-state index < -0.39 is 10.8 Å². The first kappa shape index (κ1) is 11.3. The van der Waals surface area contributed by atoms with Crippen LogP contribution in [0, 0.1) is 0 Å². The monoisotopic (exact) mass is 236 g/mol. The maximum absolute atomic E-state index is 10.8. The Labute approximate surface area is 87.2 Å². The van der Waals surface area contributed by atoms with Gasteiger partial charge in [0.15, 0.2) is 0 Å². The Morgan fingerprint density at radius 2 is 1.73 bits per heavy atom. The third kappa shape index (κ3) is 3.50. The molecule has 4 heteroatoms. The van der Waals surface area contributed by atoms with Crippen LogP contribution in [-0.4, -0.2) is 10.5 Å². The number of benzene rings is 1. The third-order valence-corrected chi connectivity index (χ3v) is 2.40. The van der Waals surface area contributed by atoms with Gasteiger partial charge >= 0.3 is 19.5 Å². The average molecular weight is 238 g/mol. The van der Waals surface area contributed by atoms with Gasteiger partial charge < -0.3 is 0 Å². The molecule has 0 aliphatic carbocycles. The van der Waals surface area contributed by atoms with Gasteiger partial charge in [-0.1, -0.05) is 0 Å². The zero-order chi connectivity index (χ0) is 7.56. The van der Waals surface area contributed by atoms with E-state index in [1.54, 1.807) is 6.26 Å². The van der Waals surface area contributed by atoms with Gasteiger partial charge in [-0.15, -0.1) is 12.6 Å². The Balaban J connectivity index is 0.000001000. The van der Waals surface area contributed by atoms with Gasteiger partial charge in [-0.3, -0.25) is 4.21 Å². The fraction of sp³-hybridized carbons (Fsp3) is 0.143. The van der Waals surface area contributed by atoms with Crippen LogP contribution in [0.2, 0.25) is 0 Å². The van der Waals surface area contributed by atoms with Crippen molar-refractivity contribution < 1.29 is 23.7 Å². The summed E-state index contributed by atoms with van der Waals surface area (Å²) in [5.74, 6) is 0. The second-order valence-corrected chi connectivity index (χ2v) is 3.84. The molecule has 0 heterocycles. The second-order valence-electron chi connectivity index (χ2n) is 1.95. The minimum absolute atomic E-state index is 0. The van der Waals surface area contributed by atoms with E-state index in [0.717, 1.165) is 9.79 Å². The van der Waals surface area contributed by atoms with Crippen LogP contribution in [0.3, 0.4) is 0 Å². The maximum Gasteiger partial charge on any atom is 2.00 e. The van der Waals surface area contributed by atoms with Gasteiger partial charge in [0, 0.05) is 26.8 Å². The summed E-state index contributed by atoms with van der Waals surface area (Å²) in [5.41, 5.74) is 0. The van der Waals surface area contributed by atoms with Gasteiger partial charge in [0.1, 0.15) is 0 Å². The minimum atomic E-state index is -0.871. The van der Waals surface area contributed by atoms with Crippen molar-refractivity contribution in [2.45, 2.75) is 9.79 Å². The molecular weight excluding hydrogens is 230 g/mol. The van der Waals surface area contributed by atoms with Gasteiger partial charge in [0.2, 0.25) is 0 Å². The normalized spacial score (nSPS) is 11.8. The van der Waals surface area contributed by atoms with Crippen LogP contribution in [0.15, 0.2) is 34.1 Å². The van der Waals surface area contributed by atoms with Crippen LogP contribution in [0.4, 0.5) is 0 Å². The van der Waals surface area contributed by atoms with Crippen molar-refractivity contribution in [3.63, 3.8) is 0 Å². The summed E-state index contributed by atoms with van der Waals surface area (Å²) in [6.07, 6.45) is 1.66. The summed E-state index contributed by atoms with van der Waals surface area (Å²) >= 11 is 4.10. The van der Waals surface area contributed by atoms with Crippen LogP contribution < -0.4 is 0 Å². The van der Waals surface area contributed by atoms with E-state index >= 15 is 0 Å². The van der Waals surface area contributed by atoms with E-state index in [4.69, 9.17) is 0 Å². The quantitative estimate of drug-likeness (QED) is 0.581. The Hall–Kier alpha value is 0.343. The van der Waals surface area contributed by atoms with Gasteiger partial charge in [0.05, 0.1) is 0 Å². The standard InChI is InChI=1S/C7H8OS2.Zn/c1-10(8)7-4-2-6(9)3-5-7;/h2-5,9H,1H3;/q;+2.